The van der Waals surface area contributed by atoms with E-state index in [0.29, 0.717) is 18.0 Å². The maximum atomic E-state index is 13.0. The number of anilines is 1. The molecule has 3 aromatic rings. The van der Waals surface area contributed by atoms with Gasteiger partial charge in [0, 0.05) is 12.6 Å². The number of halogens is 1. The minimum Gasteiger partial charge on any atom is -0.493 e. The monoisotopic (exact) mass is 379 g/mol. The average Bonchev–Trinajstić information content (AvgIpc) is 3.13. The minimum atomic E-state index is -0.302. The number of rotatable bonds is 7. The first-order chi connectivity index (χ1) is 13.6. The third-order valence-corrected chi connectivity index (χ3v) is 3.94. The van der Waals surface area contributed by atoms with E-state index in [1.165, 1.54) is 12.1 Å². The van der Waals surface area contributed by atoms with Crippen molar-refractivity contribution in [2.45, 2.75) is 6.54 Å². The van der Waals surface area contributed by atoms with Gasteiger partial charge in [0.15, 0.2) is 11.5 Å². The summed E-state index contributed by atoms with van der Waals surface area (Å²) in [6.07, 6.45) is 3.45. The molecule has 142 valence electrons. The second-order valence-corrected chi connectivity index (χ2v) is 5.77. The normalized spacial score (nSPS) is 10.6. The van der Waals surface area contributed by atoms with E-state index in [-0.39, 0.29) is 23.3 Å². The van der Waals surface area contributed by atoms with Gasteiger partial charge in [0.2, 0.25) is 17.5 Å². The van der Waals surface area contributed by atoms with Crippen molar-refractivity contribution in [3.05, 3.63) is 71.0 Å². The van der Waals surface area contributed by atoms with E-state index >= 15 is 0 Å². The Kier molecular flexibility index (Phi) is 5.92. The molecule has 0 aliphatic heterocycles. The predicted octanol–water partition coefficient (Wildman–Crippen LogP) is 4.49. The van der Waals surface area contributed by atoms with Crippen molar-refractivity contribution in [2.24, 2.45) is 0 Å². The molecule has 28 heavy (non-hydrogen) atoms. The summed E-state index contributed by atoms with van der Waals surface area (Å²) < 4.78 is 29.1. The van der Waals surface area contributed by atoms with Gasteiger partial charge in [-0.3, -0.25) is 0 Å². The van der Waals surface area contributed by atoms with Gasteiger partial charge in [-0.1, -0.05) is 18.2 Å². The molecular weight excluding hydrogens is 361 g/mol. The fourth-order valence-corrected chi connectivity index (χ4v) is 2.51. The fourth-order valence-electron chi connectivity index (χ4n) is 2.51. The summed E-state index contributed by atoms with van der Waals surface area (Å²) in [5.41, 5.74) is 1.85. The summed E-state index contributed by atoms with van der Waals surface area (Å²) in [4.78, 5) is 4.15. The molecule has 0 aliphatic carbocycles. The van der Waals surface area contributed by atoms with Crippen LogP contribution in [-0.4, -0.2) is 19.2 Å². The molecule has 0 unspecified atom stereocenters. The van der Waals surface area contributed by atoms with Crippen LogP contribution in [0.1, 0.15) is 22.7 Å². The molecule has 7 heteroatoms. The van der Waals surface area contributed by atoms with Crippen molar-refractivity contribution in [3.8, 4) is 17.6 Å². The minimum absolute atomic E-state index is 0.147. The number of nitrogens with zero attached hydrogens (tertiary/aromatic N) is 2. The number of methoxy groups -OCH3 is 2. The number of benzene rings is 2. The predicted molar refractivity (Wildman–Crippen MR) is 103 cm³/mol. The van der Waals surface area contributed by atoms with Crippen LogP contribution in [0.3, 0.4) is 0 Å². The van der Waals surface area contributed by atoms with Gasteiger partial charge >= 0.3 is 0 Å². The lowest BCUT2D eigenvalue weighted by Gasteiger charge is -2.07. The van der Waals surface area contributed by atoms with E-state index in [2.05, 4.69) is 10.3 Å². The van der Waals surface area contributed by atoms with Gasteiger partial charge in [0.25, 0.3) is 0 Å². The second kappa shape index (κ2) is 8.73. The Balaban J connectivity index is 1.74. The highest BCUT2D eigenvalue weighted by Crippen LogP contribution is 2.28. The zero-order valence-electron chi connectivity index (χ0n) is 15.4. The van der Waals surface area contributed by atoms with Crippen LogP contribution in [0.25, 0.3) is 12.2 Å². The number of ether oxygens (including phenoxy) is 2. The summed E-state index contributed by atoms with van der Waals surface area (Å²) in [6, 6.07) is 13.5. The maximum absolute atomic E-state index is 13.0. The van der Waals surface area contributed by atoms with Gasteiger partial charge in [-0.05, 0) is 41.5 Å². The summed E-state index contributed by atoms with van der Waals surface area (Å²) in [5, 5.41) is 12.3. The highest BCUT2D eigenvalue weighted by atomic mass is 19.1. The van der Waals surface area contributed by atoms with Crippen molar-refractivity contribution in [1.29, 1.82) is 5.26 Å². The number of nitrogens with one attached hydrogen (secondary N) is 1. The molecule has 2 aromatic carbocycles. The largest absolute Gasteiger partial charge is 0.493 e. The maximum Gasteiger partial charge on any atom is 0.232 e. The average molecular weight is 379 g/mol. The van der Waals surface area contributed by atoms with Crippen molar-refractivity contribution in [2.75, 3.05) is 19.5 Å². The Labute approximate surface area is 161 Å². The molecule has 0 fully saturated rings. The van der Waals surface area contributed by atoms with E-state index in [4.69, 9.17) is 13.9 Å². The van der Waals surface area contributed by atoms with Crippen LogP contribution in [0.4, 0.5) is 10.3 Å². The van der Waals surface area contributed by atoms with Gasteiger partial charge in [-0.2, -0.15) is 10.2 Å². The van der Waals surface area contributed by atoms with Gasteiger partial charge in [0.05, 0.1) is 14.2 Å². The smallest absolute Gasteiger partial charge is 0.232 e. The topological polar surface area (TPSA) is 80.3 Å². The van der Waals surface area contributed by atoms with E-state index in [1.54, 1.807) is 44.6 Å². The zero-order chi connectivity index (χ0) is 19.9. The second-order valence-electron chi connectivity index (χ2n) is 5.77. The molecule has 1 aromatic heterocycles. The molecule has 0 spiro atoms. The Morgan fingerprint density at radius 3 is 2.54 bits per heavy atom. The molecule has 0 aliphatic rings. The van der Waals surface area contributed by atoms with E-state index in [1.807, 2.05) is 18.2 Å². The lowest BCUT2D eigenvalue weighted by molar-refractivity contribution is 0.355. The molecule has 1 heterocycles. The Hall–Kier alpha value is -3.79. The van der Waals surface area contributed by atoms with Crippen LogP contribution in [-0.2, 0) is 6.54 Å². The number of hydrogen-bond acceptors (Lipinski definition) is 6. The number of hydrogen-bond donors (Lipinski definition) is 1. The fraction of sp³-hybridized carbons (Fsp3) is 0.143. The molecule has 0 saturated heterocycles. The molecule has 0 amide bonds. The summed E-state index contributed by atoms with van der Waals surface area (Å²) >= 11 is 0. The molecule has 0 bridgehead atoms. The highest BCUT2D eigenvalue weighted by Gasteiger charge is 2.11. The molecule has 3 rings (SSSR count). The Morgan fingerprint density at radius 2 is 1.86 bits per heavy atom. The van der Waals surface area contributed by atoms with E-state index in [0.717, 1.165) is 11.1 Å². The Morgan fingerprint density at radius 1 is 1.11 bits per heavy atom. The number of aromatic nitrogens is 1. The first-order valence-corrected chi connectivity index (χ1v) is 8.42. The molecular formula is C21H18FN3O3. The molecule has 0 radical (unpaired) electrons. The lowest BCUT2D eigenvalue weighted by Crippen LogP contribution is -1.99. The SMILES string of the molecule is COc1ccc(/C=C/c2nc(C#N)c(NCc3ccc(F)cc3)o2)cc1OC. The van der Waals surface area contributed by atoms with Crippen molar-refractivity contribution < 1.29 is 18.3 Å². The third-order valence-electron chi connectivity index (χ3n) is 3.94. The molecule has 0 saturated carbocycles. The van der Waals surface area contributed by atoms with Gasteiger partial charge in [-0.15, -0.1) is 0 Å². The molecule has 1 N–H and O–H groups in total. The Bertz CT molecular complexity index is 1020. The van der Waals surface area contributed by atoms with Crippen LogP contribution in [0.2, 0.25) is 0 Å². The van der Waals surface area contributed by atoms with Gasteiger partial charge in [0.1, 0.15) is 11.9 Å². The first-order valence-electron chi connectivity index (χ1n) is 8.42. The standard InChI is InChI=1S/C21H18FN3O3/c1-26-18-9-5-14(11-19(18)27-2)6-10-20-25-17(12-23)21(28-20)24-13-15-3-7-16(22)8-4-15/h3-11,24H,13H2,1-2H3/b10-6+. The van der Waals surface area contributed by atoms with Gasteiger partial charge in [-0.25, -0.2) is 4.39 Å². The van der Waals surface area contributed by atoms with E-state index < -0.39 is 0 Å². The van der Waals surface area contributed by atoms with Crippen LogP contribution < -0.4 is 14.8 Å². The van der Waals surface area contributed by atoms with Gasteiger partial charge < -0.3 is 19.2 Å². The van der Waals surface area contributed by atoms with E-state index in [9.17, 15) is 9.65 Å². The highest BCUT2D eigenvalue weighted by molar-refractivity contribution is 5.68. The summed E-state index contributed by atoms with van der Waals surface area (Å²) in [6.45, 7) is 0.378. The third kappa shape index (κ3) is 4.48. The zero-order valence-corrected chi connectivity index (χ0v) is 15.4. The van der Waals surface area contributed by atoms with Crippen LogP contribution in [0.15, 0.2) is 46.9 Å². The van der Waals surface area contributed by atoms with Crippen LogP contribution >= 0.6 is 0 Å². The van der Waals surface area contributed by atoms with Crippen molar-refractivity contribution >= 4 is 18.0 Å². The number of nitriles is 1. The van der Waals surface area contributed by atoms with Crippen molar-refractivity contribution in [1.82, 2.24) is 4.98 Å². The summed E-state index contributed by atoms with van der Waals surface area (Å²) in [5.74, 6) is 1.49. The first kappa shape index (κ1) is 19.0. The number of oxazole rings is 1. The lowest BCUT2D eigenvalue weighted by atomic mass is 10.2. The quantitative estimate of drug-likeness (QED) is 0.652. The molecule has 6 nitrogen and oxygen atoms in total. The van der Waals surface area contributed by atoms with Crippen LogP contribution in [0.5, 0.6) is 11.5 Å². The van der Waals surface area contributed by atoms with Crippen LogP contribution in [0, 0.1) is 17.1 Å². The molecule has 0 atom stereocenters. The summed E-state index contributed by atoms with van der Waals surface area (Å²) in [7, 11) is 3.14. The van der Waals surface area contributed by atoms with Crippen molar-refractivity contribution in [3.63, 3.8) is 0 Å².